The topological polar surface area (TPSA) is 97.3 Å². The van der Waals surface area contributed by atoms with Gasteiger partial charge in [0.15, 0.2) is 5.96 Å². The lowest BCUT2D eigenvalue weighted by molar-refractivity contribution is 0.100. The molecule has 0 unspecified atom stereocenters. The van der Waals surface area contributed by atoms with Crippen LogP contribution in [0.1, 0.15) is 33.7 Å². The summed E-state index contributed by atoms with van der Waals surface area (Å²) in [6.45, 7) is 6.37. The third-order valence-electron chi connectivity index (χ3n) is 3.86. The smallest absolute Gasteiger partial charge is 0.248 e. The third kappa shape index (κ3) is 6.66. The number of halogens is 1. The first kappa shape index (κ1) is 21.9. The Kier molecular flexibility index (Phi) is 9.11. The Hall–Kier alpha value is -2.10. The monoisotopic (exact) mass is 470 g/mol. The normalized spacial score (nSPS) is 11.0. The van der Waals surface area contributed by atoms with Gasteiger partial charge in [0, 0.05) is 37.9 Å². The second kappa shape index (κ2) is 10.8. The number of guanidine groups is 1. The van der Waals surface area contributed by atoms with E-state index in [9.17, 15) is 4.79 Å². The zero-order valence-corrected chi connectivity index (χ0v) is 17.8. The van der Waals surface area contributed by atoms with Crippen molar-refractivity contribution in [2.45, 2.75) is 33.4 Å². The van der Waals surface area contributed by atoms with Crippen molar-refractivity contribution in [1.82, 2.24) is 20.4 Å². The number of hydrogen-bond donors (Lipinski definition) is 3. The zero-order chi connectivity index (χ0) is 18.2. The van der Waals surface area contributed by atoms with Crippen LogP contribution in [0.5, 0.6) is 0 Å². The molecule has 26 heavy (non-hydrogen) atoms. The fourth-order valence-corrected chi connectivity index (χ4v) is 2.53. The summed E-state index contributed by atoms with van der Waals surface area (Å²) in [5.41, 5.74) is 9.03. The van der Waals surface area contributed by atoms with Crippen LogP contribution in [0, 0.1) is 13.8 Å². The second-order valence-electron chi connectivity index (χ2n) is 5.92. The quantitative estimate of drug-likeness (QED) is 0.250. The van der Waals surface area contributed by atoms with E-state index >= 15 is 0 Å². The molecule has 0 aliphatic carbocycles. The first-order chi connectivity index (χ1) is 12.0. The number of carbonyl (C=O) groups excluding carboxylic acids is 1. The van der Waals surface area contributed by atoms with Crippen LogP contribution >= 0.6 is 24.0 Å². The van der Waals surface area contributed by atoms with E-state index < -0.39 is 5.91 Å². The number of aryl methyl sites for hydroxylation is 3. The molecule has 0 bridgehead atoms. The number of hydrogen-bond acceptors (Lipinski definition) is 3. The Bertz CT molecular complexity index is 739. The largest absolute Gasteiger partial charge is 0.366 e. The first-order valence-electron chi connectivity index (χ1n) is 8.34. The molecule has 0 fully saturated rings. The summed E-state index contributed by atoms with van der Waals surface area (Å²) in [4.78, 5) is 15.3. The Labute approximate surface area is 171 Å². The summed E-state index contributed by atoms with van der Waals surface area (Å²) in [5, 5.41) is 11.0. The Balaban J connectivity index is 0.00000338. The molecular formula is C18H27IN6O. The molecule has 2 rings (SSSR count). The van der Waals surface area contributed by atoms with Crippen molar-refractivity contribution >= 4 is 35.8 Å². The van der Waals surface area contributed by atoms with Crippen molar-refractivity contribution in [3.05, 3.63) is 52.8 Å². The molecule has 0 aliphatic heterocycles. The van der Waals surface area contributed by atoms with Crippen LogP contribution < -0.4 is 16.4 Å². The number of nitrogens with two attached hydrogens (primary N) is 1. The molecule has 1 amide bonds. The van der Waals surface area contributed by atoms with Crippen molar-refractivity contribution in [2.75, 3.05) is 13.6 Å². The van der Waals surface area contributed by atoms with Crippen LogP contribution in [0.3, 0.4) is 0 Å². The first-order valence-corrected chi connectivity index (χ1v) is 8.34. The van der Waals surface area contributed by atoms with Gasteiger partial charge >= 0.3 is 0 Å². The Morgan fingerprint density at radius 1 is 1.23 bits per heavy atom. The highest BCUT2D eigenvalue weighted by Crippen LogP contribution is 2.04. The lowest BCUT2D eigenvalue weighted by Gasteiger charge is -2.12. The number of primary amides is 1. The molecule has 7 nitrogen and oxygen atoms in total. The van der Waals surface area contributed by atoms with E-state index in [1.54, 1.807) is 19.2 Å². The number of rotatable bonds is 7. The van der Waals surface area contributed by atoms with E-state index in [0.717, 1.165) is 36.7 Å². The van der Waals surface area contributed by atoms with Crippen LogP contribution in [0.25, 0.3) is 0 Å². The predicted octanol–water partition coefficient (Wildman–Crippen LogP) is 1.97. The number of aliphatic imine (C=N–C) groups is 1. The van der Waals surface area contributed by atoms with E-state index in [1.807, 2.05) is 23.7 Å². The lowest BCUT2D eigenvalue weighted by atomic mass is 10.1. The highest BCUT2D eigenvalue weighted by molar-refractivity contribution is 14.0. The van der Waals surface area contributed by atoms with E-state index in [0.29, 0.717) is 12.1 Å². The number of nitrogens with one attached hydrogen (secondary N) is 2. The Morgan fingerprint density at radius 2 is 1.92 bits per heavy atom. The van der Waals surface area contributed by atoms with Crippen molar-refractivity contribution in [3.63, 3.8) is 0 Å². The maximum absolute atomic E-state index is 11.1. The van der Waals surface area contributed by atoms with Crippen molar-refractivity contribution in [1.29, 1.82) is 0 Å². The van der Waals surface area contributed by atoms with Gasteiger partial charge in [-0.3, -0.25) is 14.5 Å². The van der Waals surface area contributed by atoms with Gasteiger partial charge < -0.3 is 16.4 Å². The summed E-state index contributed by atoms with van der Waals surface area (Å²) in [5.74, 6) is 0.326. The Morgan fingerprint density at radius 3 is 2.46 bits per heavy atom. The van der Waals surface area contributed by atoms with Crippen LogP contribution in [-0.4, -0.2) is 35.2 Å². The van der Waals surface area contributed by atoms with Crippen molar-refractivity contribution in [2.24, 2.45) is 10.7 Å². The zero-order valence-electron chi connectivity index (χ0n) is 15.5. The van der Waals surface area contributed by atoms with Gasteiger partial charge in [0.1, 0.15) is 0 Å². The van der Waals surface area contributed by atoms with E-state index in [4.69, 9.17) is 5.73 Å². The summed E-state index contributed by atoms with van der Waals surface area (Å²) >= 11 is 0. The van der Waals surface area contributed by atoms with Gasteiger partial charge in [0.2, 0.25) is 5.91 Å². The molecule has 0 aliphatic rings. The molecule has 142 valence electrons. The van der Waals surface area contributed by atoms with Gasteiger partial charge in [0.25, 0.3) is 0 Å². The molecule has 0 saturated heterocycles. The van der Waals surface area contributed by atoms with Crippen LogP contribution in [0.2, 0.25) is 0 Å². The molecule has 8 heteroatoms. The minimum absolute atomic E-state index is 0. The average Bonchev–Trinajstić information content (AvgIpc) is 2.92. The maximum atomic E-state index is 11.1. The molecule has 0 spiro atoms. The minimum Gasteiger partial charge on any atom is -0.366 e. The molecule has 2 aromatic rings. The van der Waals surface area contributed by atoms with Crippen LogP contribution in [0.15, 0.2) is 35.3 Å². The lowest BCUT2D eigenvalue weighted by Crippen LogP contribution is -2.37. The van der Waals surface area contributed by atoms with Crippen LogP contribution in [-0.2, 0) is 13.1 Å². The molecule has 4 N–H and O–H groups in total. The SMILES string of the molecule is CN=C(NCCCn1nc(C)cc1C)NCc1ccc(C(N)=O)cc1.I. The van der Waals surface area contributed by atoms with Crippen molar-refractivity contribution < 1.29 is 4.79 Å². The van der Waals surface area contributed by atoms with Gasteiger partial charge in [-0.25, -0.2) is 0 Å². The molecule has 0 radical (unpaired) electrons. The summed E-state index contributed by atoms with van der Waals surface area (Å²) in [6, 6.07) is 9.29. The highest BCUT2D eigenvalue weighted by atomic mass is 127. The maximum Gasteiger partial charge on any atom is 0.248 e. The van der Waals surface area contributed by atoms with E-state index in [1.165, 1.54) is 5.69 Å². The number of aromatic nitrogens is 2. The molecular weight excluding hydrogens is 443 g/mol. The number of carbonyl (C=O) groups is 1. The van der Waals surface area contributed by atoms with E-state index in [2.05, 4.69) is 33.7 Å². The molecule has 1 aromatic carbocycles. The number of nitrogens with zero attached hydrogens (tertiary/aromatic N) is 3. The molecule has 1 heterocycles. The summed E-state index contributed by atoms with van der Waals surface area (Å²) in [7, 11) is 1.74. The number of amides is 1. The predicted molar refractivity (Wildman–Crippen MR) is 115 cm³/mol. The fraction of sp³-hybridized carbons (Fsp3) is 0.389. The minimum atomic E-state index is -0.417. The van der Waals surface area contributed by atoms with Gasteiger partial charge in [-0.1, -0.05) is 12.1 Å². The van der Waals surface area contributed by atoms with Gasteiger partial charge in [-0.15, -0.1) is 24.0 Å². The van der Waals surface area contributed by atoms with Gasteiger partial charge in [-0.05, 0) is 44.0 Å². The second-order valence-corrected chi connectivity index (χ2v) is 5.92. The van der Waals surface area contributed by atoms with Crippen molar-refractivity contribution in [3.8, 4) is 0 Å². The van der Waals surface area contributed by atoms with Crippen LogP contribution in [0.4, 0.5) is 0 Å². The fourth-order valence-electron chi connectivity index (χ4n) is 2.53. The summed E-state index contributed by atoms with van der Waals surface area (Å²) < 4.78 is 2.02. The average molecular weight is 470 g/mol. The molecule has 0 saturated carbocycles. The summed E-state index contributed by atoms with van der Waals surface area (Å²) in [6.07, 6.45) is 0.954. The third-order valence-corrected chi connectivity index (χ3v) is 3.86. The van der Waals surface area contributed by atoms with Gasteiger partial charge in [-0.2, -0.15) is 5.10 Å². The van der Waals surface area contributed by atoms with E-state index in [-0.39, 0.29) is 24.0 Å². The standard InChI is InChI=1S/C18H26N6O.HI/c1-13-11-14(2)24(23-13)10-4-9-21-18(20-3)22-12-15-5-7-16(8-6-15)17(19)25;/h5-8,11H,4,9-10,12H2,1-3H3,(H2,19,25)(H2,20,21,22);1H. The van der Waals surface area contributed by atoms with Gasteiger partial charge in [0.05, 0.1) is 5.69 Å². The molecule has 0 atom stereocenters. The molecule has 1 aromatic heterocycles. The highest BCUT2D eigenvalue weighted by Gasteiger charge is 2.03. The number of benzene rings is 1.